The van der Waals surface area contributed by atoms with E-state index in [0.717, 1.165) is 0 Å². The van der Waals surface area contributed by atoms with Crippen LogP contribution in [-0.4, -0.2) is 33.7 Å². The van der Waals surface area contributed by atoms with Crippen LogP contribution in [0, 0.1) is 6.92 Å². The van der Waals surface area contributed by atoms with E-state index in [0.29, 0.717) is 18.8 Å². The molecule has 0 radical (unpaired) electrons. The van der Waals surface area contributed by atoms with Crippen LogP contribution in [0.1, 0.15) is 15.9 Å². The van der Waals surface area contributed by atoms with Crippen molar-refractivity contribution >= 4 is 16.0 Å². The van der Waals surface area contributed by atoms with Crippen molar-refractivity contribution in [2.75, 3.05) is 13.2 Å². The van der Waals surface area contributed by atoms with Gasteiger partial charge in [0.25, 0.3) is 0 Å². The van der Waals surface area contributed by atoms with Crippen LogP contribution in [0.2, 0.25) is 0 Å². The predicted molar refractivity (Wildman–Crippen MR) is 62.6 cm³/mol. The molecule has 0 saturated carbocycles. The fourth-order valence-corrected chi connectivity index (χ4v) is 2.17. The van der Waals surface area contributed by atoms with Gasteiger partial charge in [0.05, 0.1) is 23.7 Å². The summed E-state index contributed by atoms with van der Waals surface area (Å²) in [6.45, 7) is 2.43. The number of aryl methyl sites for hydroxylation is 1. The number of carbonyl (C=O) groups is 1. The molecule has 0 aliphatic carbocycles. The van der Waals surface area contributed by atoms with E-state index < -0.39 is 16.0 Å². The number of benzene rings is 1. The third-order valence-corrected chi connectivity index (χ3v) is 3.39. The monoisotopic (exact) mass is 271 g/mol. The zero-order valence-corrected chi connectivity index (χ0v) is 10.6. The first kappa shape index (κ1) is 13.0. The average molecular weight is 271 g/mol. The molecule has 0 unspecified atom stereocenters. The Balaban J connectivity index is 2.27. The van der Waals surface area contributed by atoms with Crippen molar-refractivity contribution in [3.63, 3.8) is 0 Å². The first-order valence-electron chi connectivity index (χ1n) is 5.29. The summed E-state index contributed by atoms with van der Waals surface area (Å²) >= 11 is 0. The molecule has 0 bridgehead atoms. The Morgan fingerprint density at radius 1 is 1.39 bits per heavy atom. The van der Waals surface area contributed by atoms with Crippen LogP contribution in [0.25, 0.3) is 0 Å². The Labute approximate surface area is 105 Å². The number of primary sulfonamides is 1. The highest BCUT2D eigenvalue weighted by Gasteiger charge is 2.24. The van der Waals surface area contributed by atoms with Crippen molar-refractivity contribution in [1.82, 2.24) is 0 Å². The van der Waals surface area contributed by atoms with Crippen molar-refractivity contribution in [3.05, 3.63) is 29.3 Å². The molecule has 1 aromatic carbocycles. The second-order valence-corrected chi connectivity index (χ2v) is 5.71. The molecule has 7 heteroatoms. The van der Waals surface area contributed by atoms with E-state index in [2.05, 4.69) is 0 Å². The SMILES string of the molecule is Cc1cc(C(=O)OC2COC2)cc(S(N)(=O)=O)c1. The van der Waals surface area contributed by atoms with Crippen molar-refractivity contribution in [2.45, 2.75) is 17.9 Å². The van der Waals surface area contributed by atoms with Crippen LogP contribution in [0.3, 0.4) is 0 Å². The van der Waals surface area contributed by atoms with Gasteiger partial charge in [-0.25, -0.2) is 18.4 Å². The number of esters is 1. The van der Waals surface area contributed by atoms with E-state index in [1.807, 2.05) is 0 Å². The number of hydrogen-bond donors (Lipinski definition) is 1. The van der Waals surface area contributed by atoms with Gasteiger partial charge < -0.3 is 9.47 Å². The smallest absolute Gasteiger partial charge is 0.338 e. The van der Waals surface area contributed by atoms with Crippen LogP contribution in [0.15, 0.2) is 23.1 Å². The number of ether oxygens (including phenoxy) is 2. The van der Waals surface area contributed by atoms with E-state index in [9.17, 15) is 13.2 Å². The van der Waals surface area contributed by atoms with Crippen molar-refractivity contribution in [3.8, 4) is 0 Å². The number of hydrogen-bond acceptors (Lipinski definition) is 5. The van der Waals surface area contributed by atoms with Gasteiger partial charge in [-0.3, -0.25) is 0 Å². The summed E-state index contributed by atoms with van der Waals surface area (Å²) in [6, 6.07) is 4.17. The zero-order valence-electron chi connectivity index (χ0n) is 9.75. The van der Waals surface area contributed by atoms with Crippen LogP contribution in [0.4, 0.5) is 0 Å². The second-order valence-electron chi connectivity index (χ2n) is 4.14. The summed E-state index contributed by atoms with van der Waals surface area (Å²) in [5, 5.41) is 5.03. The minimum atomic E-state index is -3.83. The zero-order chi connectivity index (χ0) is 13.3. The van der Waals surface area contributed by atoms with E-state index >= 15 is 0 Å². The van der Waals surface area contributed by atoms with Crippen molar-refractivity contribution < 1.29 is 22.7 Å². The third kappa shape index (κ3) is 2.87. The van der Waals surface area contributed by atoms with Crippen LogP contribution in [0.5, 0.6) is 0 Å². The standard InChI is InChI=1S/C11H13NO5S/c1-7-2-8(4-10(3-7)18(12,14)15)11(13)17-9-5-16-6-9/h2-4,9H,5-6H2,1H3,(H2,12,14,15). The third-order valence-electron chi connectivity index (χ3n) is 2.50. The van der Waals surface area contributed by atoms with E-state index in [4.69, 9.17) is 14.6 Å². The van der Waals surface area contributed by atoms with Gasteiger partial charge in [-0.2, -0.15) is 0 Å². The molecule has 1 saturated heterocycles. The minimum Gasteiger partial charge on any atom is -0.454 e. The van der Waals surface area contributed by atoms with Gasteiger partial charge in [0.1, 0.15) is 6.10 Å². The van der Waals surface area contributed by atoms with E-state index in [-0.39, 0.29) is 16.6 Å². The maximum absolute atomic E-state index is 11.8. The Bertz CT molecular complexity index is 577. The number of rotatable bonds is 3. The molecule has 1 fully saturated rings. The molecule has 2 rings (SSSR count). The fourth-order valence-electron chi connectivity index (χ4n) is 1.53. The summed E-state index contributed by atoms with van der Waals surface area (Å²) in [5.74, 6) is -0.572. The van der Waals surface area contributed by atoms with Gasteiger partial charge in [0.2, 0.25) is 10.0 Å². The van der Waals surface area contributed by atoms with Gasteiger partial charge in [-0.05, 0) is 30.7 Å². The van der Waals surface area contributed by atoms with Gasteiger partial charge in [0.15, 0.2) is 0 Å². The molecule has 0 aromatic heterocycles. The Hall–Kier alpha value is -1.44. The molecule has 98 valence electrons. The molecule has 1 aliphatic heterocycles. The molecule has 1 aromatic rings. The van der Waals surface area contributed by atoms with E-state index in [1.54, 1.807) is 13.0 Å². The lowest BCUT2D eigenvalue weighted by atomic mass is 10.1. The molecule has 0 amide bonds. The predicted octanol–water partition coefficient (Wildman–Crippen LogP) is 0.198. The molecule has 1 heterocycles. The van der Waals surface area contributed by atoms with Crippen molar-refractivity contribution in [1.29, 1.82) is 0 Å². The van der Waals surface area contributed by atoms with E-state index in [1.165, 1.54) is 12.1 Å². The Kier molecular flexibility index (Phi) is 3.38. The quantitative estimate of drug-likeness (QED) is 0.792. The van der Waals surface area contributed by atoms with Crippen molar-refractivity contribution in [2.24, 2.45) is 5.14 Å². The topological polar surface area (TPSA) is 95.7 Å². The largest absolute Gasteiger partial charge is 0.454 e. The van der Waals surface area contributed by atoms with Gasteiger partial charge >= 0.3 is 5.97 Å². The summed E-state index contributed by atoms with van der Waals surface area (Å²) in [5.41, 5.74) is 0.796. The molecular formula is C11H13NO5S. The van der Waals surface area contributed by atoms with Crippen LogP contribution >= 0.6 is 0 Å². The highest BCUT2D eigenvalue weighted by atomic mass is 32.2. The van der Waals surface area contributed by atoms with Gasteiger partial charge in [-0.15, -0.1) is 0 Å². The summed E-state index contributed by atoms with van der Waals surface area (Å²) in [7, 11) is -3.83. The molecule has 2 N–H and O–H groups in total. The maximum atomic E-state index is 11.8. The Morgan fingerprint density at radius 3 is 2.56 bits per heavy atom. The first-order valence-corrected chi connectivity index (χ1v) is 6.84. The average Bonchev–Trinajstić information content (AvgIpc) is 2.21. The van der Waals surface area contributed by atoms with Gasteiger partial charge in [-0.1, -0.05) is 0 Å². The lowest BCUT2D eigenvalue weighted by Crippen LogP contribution is -2.37. The molecule has 0 spiro atoms. The van der Waals surface area contributed by atoms with Crippen LogP contribution < -0.4 is 5.14 Å². The molecule has 18 heavy (non-hydrogen) atoms. The normalized spacial score (nSPS) is 16.1. The lowest BCUT2D eigenvalue weighted by Gasteiger charge is -2.25. The van der Waals surface area contributed by atoms with Gasteiger partial charge in [0, 0.05) is 0 Å². The molecule has 1 aliphatic rings. The second kappa shape index (κ2) is 4.68. The molecule has 6 nitrogen and oxygen atoms in total. The molecule has 0 atom stereocenters. The van der Waals surface area contributed by atoms with Crippen LogP contribution in [-0.2, 0) is 19.5 Å². The Morgan fingerprint density at radius 2 is 2.06 bits per heavy atom. The number of nitrogens with two attached hydrogens (primary N) is 1. The number of carbonyl (C=O) groups excluding carboxylic acids is 1. The minimum absolute atomic E-state index is 0.0979. The highest BCUT2D eigenvalue weighted by Crippen LogP contribution is 2.16. The lowest BCUT2D eigenvalue weighted by molar-refractivity contribution is -0.103. The summed E-state index contributed by atoms with van der Waals surface area (Å²) < 4.78 is 32.5. The first-order chi connectivity index (χ1) is 8.36. The summed E-state index contributed by atoms with van der Waals surface area (Å²) in [6.07, 6.45) is -0.254. The molecular weight excluding hydrogens is 258 g/mol. The number of sulfonamides is 1. The maximum Gasteiger partial charge on any atom is 0.338 e. The summed E-state index contributed by atoms with van der Waals surface area (Å²) in [4.78, 5) is 11.7. The highest BCUT2D eigenvalue weighted by molar-refractivity contribution is 7.89. The fraction of sp³-hybridized carbons (Fsp3) is 0.364.